The molecule has 2 fully saturated rings. The first-order valence-corrected chi connectivity index (χ1v) is 14.1. The normalized spacial score (nSPS) is 17.8. The third kappa shape index (κ3) is 6.74. The summed E-state index contributed by atoms with van der Waals surface area (Å²) >= 11 is 7.14. The van der Waals surface area contributed by atoms with E-state index in [1.54, 1.807) is 12.4 Å². The Labute approximate surface area is 228 Å². The predicted octanol–water partition coefficient (Wildman–Crippen LogP) is 4.69. The number of nitrogens with one attached hydrogen (secondary N) is 2. The molecule has 2 N–H and O–H groups in total. The second-order valence-corrected chi connectivity index (χ2v) is 11.2. The maximum Gasteiger partial charge on any atom is 0.232 e. The molecule has 194 valence electrons. The molecule has 4 heterocycles. The average Bonchev–Trinajstić information content (AvgIpc) is 2.94. The van der Waals surface area contributed by atoms with Gasteiger partial charge < -0.3 is 20.3 Å². The quantitative estimate of drug-likeness (QED) is 0.252. The van der Waals surface area contributed by atoms with Gasteiger partial charge in [-0.2, -0.15) is 4.98 Å². The smallest absolute Gasteiger partial charge is 0.232 e. The average molecular weight is 536 g/mol. The molecule has 0 amide bonds. The SMILES string of the molecule is CC1CCN(c2cc(Sc3ncccn3)nc(NC(=S)NCC3(c4ccccc4)CCOCC3)n2)CC1. The van der Waals surface area contributed by atoms with Gasteiger partial charge in [0.25, 0.3) is 0 Å². The van der Waals surface area contributed by atoms with Crippen molar-refractivity contribution in [3.05, 3.63) is 60.4 Å². The van der Waals surface area contributed by atoms with Gasteiger partial charge in [-0.25, -0.2) is 15.0 Å². The molecule has 0 atom stereocenters. The van der Waals surface area contributed by atoms with E-state index in [0.717, 1.165) is 75.3 Å². The fraction of sp³-hybridized carbons (Fsp3) is 0.444. The van der Waals surface area contributed by atoms with Crippen LogP contribution in [0.25, 0.3) is 0 Å². The maximum absolute atomic E-state index is 5.71. The molecule has 1 aromatic carbocycles. The van der Waals surface area contributed by atoms with E-state index in [4.69, 9.17) is 26.9 Å². The number of nitrogens with zero attached hydrogens (tertiary/aromatic N) is 5. The lowest BCUT2D eigenvalue weighted by molar-refractivity contribution is 0.0515. The van der Waals surface area contributed by atoms with Crippen LogP contribution in [0.1, 0.15) is 38.2 Å². The van der Waals surface area contributed by atoms with Crippen molar-refractivity contribution in [3.8, 4) is 0 Å². The third-order valence-electron chi connectivity index (χ3n) is 7.18. The van der Waals surface area contributed by atoms with Crippen molar-refractivity contribution in [3.63, 3.8) is 0 Å². The molecular weight excluding hydrogens is 502 g/mol. The summed E-state index contributed by atoms with van der Waals surface area (Å²) in [6.45, 7) is 6.48. The van der Waals surface area contributed by atoms with Crippen molar-refractivity contribution in [2.24, 2.45) is 5.92 Å². The maximum atomic E-state index is 5.71. The van der Waals surface area contributed by atoms with Gasteiger partial charge in [0.05, 0.1) is 0 Å². The number of anilines is 2. The van der Waals surface area contributed by atoms with Crippen LogP contribution >= 0.6 is 24.0 Å². The number of aromatic nitrogens is 4. The first-order chi connectivity index (χ1) is 18.1. The minimum Gasteiger partial charge on any atom is -0.381 e. The molecule has 10 heteroatoms. The van der Waals surface area contributed by atoms with Gasteiger partial charge in [-0.05, 0) is 67.2 Å². The van der Waals surface area contributed by atoms with Crippen molar-refractivity contribution in [2.75, 3.05) is 43.1 Å². The summed E-state index contributed by atoms with van der Waals surface area (Å²) in [6, 6.07) is 14.5. The van der Waals surface area contributed by atoms with Crippen molar-refractivity contribution < 1.29 is 4.74 Å². The fourth-order valence-corrected chi connectivity index (χ4v) is 5.74. The van der Waals surface area contributed by atoms with Crippen LogP contribution in [-0.4, -0.2) is 57.9 Å². The Kier molecular flexibility index (Phi) is 8.48. The Morgan fingerprint density at radius 2 is 1.81 bits per heavy atom. The van der Waals surface area contributed by atoms with Crippen LogP contribution in [0.5, 0.6) is 0 Å². The van der Waals surface area contributed by atoms with Crippen LogP contribution in [0, 0.1) is 5.92 Å². The molecule has 2 saturated heterocycles. The molecule has 0 bridgehead atoms. The number of benzene rings is 1. The molecule has 8 nitrogen and oxygen atoms in total. The zero-order chi connectivity index (χ0) is 25.5. The zero-order valence-corrected chi connectivity index (χ0v) is 22.7. The highest BCUT2D eigenvalue weighted by Gasteiger charge is 2.34. The summed E-state index contributed by atoms with van der Waals surface area (Å²) in [7, 11) is 0. The standard InChI is InChI=1S/C27H33N7OS2/c1-20-8-14-34(15-9-20)22-18-23(37-26-28-12-5-13-29-26)32-24(31-22)33-25(36)30-19-27(10-16-35-17-11-27)21-6-3-2-4-7-21/h2-7,12-13,18,20H,8-11,14-17,19H2,1H3,(H2,30,31,32,33,36). The second-order valence-electron chi connectivity index (χ2n) is 9.76. The lowest BCUT2D eigenvalue weighted by Gasteiger charge is -2.38. The van der Waals surface area contributed by atoms with Gasteiger partial charge in [0.15, 0.2) is 10.3 Å². The van der Waals surface area contributed by atoms with E-state index in [2.05, 4.69) is 62.8 Å². The molecule has 0 spiro atoms. The number of thiocarbonyl (C=S) groups is 1. The number of hydrogen-bond donors (Lipinski definition) is 2. The van der Waals surface area contributed by atoms with Crippen molar-refractivity contribution in [2.45, 2.75) is 48.2 Å². The first kappa shape index (κ1) is 25.8. The lowest BCUT2D eigenvalue weighted by atomic mass is 9.74. The zero-order valence-electron chi connectivity index (χ0n) is 21.1. The first-order valence-electron chi connectivity index (χ1n) is 12.9. The summed E-state index contributed by atoms with van der Waals surface area (Å²) in [4.78, 5) is 20.6. The molecule has 0 aliphatic carbocycles. The number of hydrogen-bond acceptors (Lipinski definition) is 8. The summed E-state index contributed by atoms with van der Waals surface area (Å²) < 4.78 is 5.67. The Morgan fingerprint density at radius 1 is 1.08 bits per heavy atom. The molecular formula is C27H33N7OS2. The number of rotatable bonds is 7. The van der Waals surface area contributed by atoms with Gasteiger partial charge in [-0.1, -0.05) is 37.3 Å². The summed E-state index contributed by atoms with van der Waals surface area (Å²) in [6.07, 6.45) is 7.68. The van der Waals surface area contributed by atoms with Crippen LogP contribution in [0.3, 0.4) is 0 Å². The molecule has 2 aliphatic rings. The van der Waals surface area contributed by atoms with E-state index in [1.807, 2.05) is 12.1 Å². The van der Waals surface area contributed by atoms with Crippen LogP contribution in [0.2, 0.25) is 0 Å². The minimum atomic E-state index is -0.0237. The van der Waals surface area contributed by atoms with Crippen LogP contribution in [-0.2, 0) is 10.2 Å². The molecule has 2 aliphatic heterocycles. The van der Waals surface area contributed by atoms with Gasteiger partial charge in [-0.15, -0.1) is 0 Å². The van der Waals surface area contributed by atoms with E-state index < -0.39 is 0 Å². The third-order valence-corrected chi connectivity index (χ3v) is 8.24. The topological polar surface area (TPSA) is 88.1 Å². The summed E-state index contributed by atoms with van der Waals surface area (Å²) in [5.74, 6) is 2.12. The van der Waals surface area contributed by atoms with E-state index in [1.165, 1.54) is 17.3 Å². The Balaban J connectivity index is 1.32. The highest BCUT2D eigenvalue weighted by Crippen LogP contribution is 2.34. The van der Waals surface area contributed by atoms with Crippen LogP contribution < -0.4 is 15.5 Å². The van der Waals surface area contributed by atoms with Crippen LogP contribution in [0.4, 0.5) is 11.8 Å². The largest absolute Gasteiger partial charge is 0.381 e. The number of piperidine rings is 1. The summed E-state index contributed by atoms with van der Waals surface area (Å²) in [5.41, 5.74) is 1.29. The van der Waals surface area contributed by atoms with Gasteiger partial charge in [0.2, 0.25) is 5.95 Å². The lowest BCUT2D eigenvalue weighted by Crippen LogP contribution is -2.45. The summed E-state index contributed by atoms with van der Waals surface area (Å²) in [5, 5.41) is 8.65. The van der Waals surface area contributed by atoms with Gasteiger partial charge in [0, 0.05) is 56.7 Å². The van der Waals surface area contributed by atoms with Gasteiger partial charge in [-0.3, -0.25) is 0 Å². The molecule has 37 heavy (non-hydrogen) atoms. The minimum absolute atomic E-state index is 0.0237. The van der Waals surface area contributed by atoms with Crippen LogP contribution in [0.15, 0.2) is 65.0 Å². The second kappa shape index (κ2) is 12.1. The highest BCUT2D eigenvalue weighted by atomic mass is 32.2. The van der Waals surface area contributed by atoms with Gasteiger partial charge >= 0.3 is 0 Å². The van der Waals surface area contributed by atoms with E-state index in [-0.39, 0.29) is 5.41 Å². The molecule has 3 aromatic rings. The molecule has 0 saturated carbocycles. The predicted molar refractivity (Wildman–Crippen MR) is 151 cm³/mol. The van der Waals surface area contributed by atoms with E-state index in [0.29, 0.717) is 16.2 Å². The Bertz CT molecular complexity index is 1170. The van der Waals surface area contributed by atoms with Gasteiger partial charge in [0.1, 0.15) is 10.8 Å². The Hall–Kier alpha value is -2.82. The highest BCUT2D eigenvalue weighted by molar-refractivity contribution is 7.99. The van der Waals surface area contributed by atoms with Crippen molar-refractivity contribution in [1.82, 2.24) is 25.3 Å². The molecule has 0 unspecified atom stereocenters. The van der Waals surface area contributed by atoms with Crippen molar-refractivity contribution >= 4 is 40.9 Å². The monoisotopic (exact) mass is 535 g/mol. The van der Waals surface area contributed by atoms with E-state index in [9.17, 15) is 0 Å². The van der Waals surface area contributed by atoms with E-state index >= 15 is 0 Å². The fourth-order valence-electron chi connectivity index (χ4n) is 4.87. The molecule has 0 radical (unpaired) electrons. The molecule has 5 rings (SSSR count). The Morgan fingerprint density at radius 3 is 2.54 bits per heavy atom. The van der Waals surface area contributed by atoms with Crippen molar-refractivity contribution in [1.29, 1.82) is 0 Å². The molecule has 2 aromatic heterocycles. The number of ether oxygens (including phenoxy) is 1.